The predicted molar refractivity (Wildman–Crippen MR) is 52.8 cm³/mol. The van der Waals surface area contributed by atoms with Gasteiger partial charge in [-0.2, -0.15) is 0 Å². The van der Waals surface area contributed by atoms with E-state index in [2.05, 4.69) is 29.1 Å². The maximum absolute atomic E-state index is 11.1. The van der Waals surface area contributed by atoms with Gasteiger partial charge in [0.2, 0.25) is 0 Å². The molecule has 0 amide bonds. The Hall–Kier alpha value is -1.32. The Bertz CT molecular complexity index is 306. The molecule has 4 nitrogen and oxygen atoms in total. The van der Waals surface area contributed by atoms with E-state index in [4.69, 9.17) is 0 Å². The van der Waals surface area contributed by atoms with Crippen molar-refractivity contribution in [2.45, 2.75) is 20.3 Å². The molecule has 1 aromatic heterocycles. The fraction of sp³-hybridized carbons (Fsp3) is 0.556. The van der Waals surface area contributed by atoms with Gasteiger partial charge in [-0.25, -0.2) is 4.98 Å². The van der Waals surface area contributed by atoms with Gasteiger partial charge in [0.15, 0.2) is 5.82 Å². The quantitative estimate of drug-likeness (QED) is 0.734. The number of rotatable bonds is 4. The molecule has 0 radical (unpaired) electrons. The zero-order chi connectivity index (χ0) is 9.68. The van der Waals surface area contributed by atoms with E-state index in [1.54, 1.807) is 6.20 Å². The Balaban J connectivity index is 2.46. The average Bonchev–Trinajstić information content (AvgIpc) is 2.08. The van der Waals surface area contributed by atoms with Crippen LogP contribution in [0.4, 0.5) is 5.82 Å². The van der Waals surface area contributed by atoms with Gasteiger partial charge in [0.05, 0.1) is 0 Å². The molecule has 4 heteroatoms. The topological polar surface area (TPSA) is 57.8 Å². The van der Waals surface area contributed by atoms with Crippen LogP contribution in [0.25, 0.3) is 0 Å². The number of anilines is 1. The molecule has 0 aliphatic heterocycles. The Kier molecular flexibility index (Phi) is 3.49. The molecule has 0 unspecified atom stereocenters. The van der Waals surface area contributed by atoms with E-state index >= 15 is 0 Å². The van der Waals surface area contributed by atoms with Crippen LogP contribution < -0.4 is 10.9 Å². The number of nitrogens with zero attached hydrogens (tertiary/aromatic N) is 1. The van der Waals surface area contributed by atoms with Crippen molar-refractivity contribution in [1.82, 2.24) is 9.97 Å². The van der Waals surface area contributed by atoms with Crippen LogP contribution in [-0.4, -0.2) is 16.5 Å². The number of hydrogen-bond donors (Lipinski definition) is 2. The molecule has 0 saturated heterocycles. The first kappa shape index (κ1) is 9.77. The van der Waals surface area contributed by atoms with Crippen molar-refractivity contribution in [2.75, 3.05) is 11.9 Å². The van der Waals surface area contributed by atoms with Gasteiger partial charge in [-0.1, -0.05) is 13.8 Å². The third-order valence-electron chi connectivity index (χ3n) is 1.72. The first-order valence-electron chi connectivity index (χ1n) is 4.47. The van der Waals surface area contributed by atoms with Crippen molar-refractivity contribution in [3.63, 3.8) is 0 Å². The van der Waals surface area contributed by atoms with Gasteiger partial charge in [0, 0.05) is 18.9 Å². The summed E-state index contributed by atoms with van der Waals surface area (Å²) in [6.45, 7) is 5.08. The van der Waals surface area contributed by atoms with Crippen LogP contribution in [-0.2, 0) is 0 Å². The summed E-state index contributed by atoms with van der Waals surface area (Å²) in [5, 5.41) is 2.99. The summed E-state index contributed by atoms with van der Waals surface area (Å²) < 4.78 is 0. The predicted octanol–water partition coefficient (Wildman–Crippen LogP) is 1.23. The van der Waals surface area contributed by atoms with Crippen LogP contribution in [0.5, 0.6) is 0 Å². The summed E-state index contributed by atoms with van der Waals surface area (Å²) in [4.78, 5) is 17.6. The van der Waals surface area contributed by atoms with Crippen molar-refractivity contribution in [2.24, 2.45) is 5.92 Å². The lowest BCUT2D eigenvalue weighted by Crippen LogP contribution is -2.16. The van der Waals surface area contributed by atoms with E-state index in [1.165, 1.54) is 6.20 Å². The molecular formula is C9H15N3O. The van der Waals surface area contributed by atoms with E-state index in [0.717, 1.165) is 13.0 Å². The fourth-order valence-corrected chi connectivity index (χ4v) is 0.957. The normalized spacial score (nSPS) is 10.4. The van der Waals surface area contributed by atoms with E-state index in [9.17, 15) is 4.79 Å². The van der Waals surface area contributed by atoms with Crippen molar-refractivity contribution >= 4 is 5.82 Å². The van der Waals surface area contributed by atoms with Crippen LogP contribution >= 0.6 is 0 Å². The molecule has 72 valence electrons. The van der Waals surface area contributed by atoms with Crippen LogP contribution in [0.3, 0.4) is 0 Å². The molecule has 0 atom stereocenters. The molecular weight excluding hydrogens is 166 g/mol. The fourth-order valence-electron chi connectivity index (χ4n) is 0.957. The first-order valence-corrected chi connectivity index (χ1v) is 4.47. The summed E-state index contributed by atoms with van der Waals surface area (Å²) in [5.41, 5.74) is -0.161. The summed E-state index contributed by atoms with van der Waals surface area (Å²) in [7, 11) is 0. The lowest BCUT2D eigenvalue weighted by molar-refractivity contribution is 0.606. The highest BCUT2D eigenvalue weighted by Gasteiger charge is 1.98. The molecule has 1 heterocycles. The SMILES string of the molecule is CC(C)CCNc1ncc[nH]c1=O. The molecule has 13 heavy (non-hydrogen) atoms. The smallest absolute Gasteiger partial charge is 0.290 e. The highest BCUT2D eigenvalue weighted by atomic mass is 16.1. The molecule has 0 aliphatic rings. The van der Waals surface area contributed by atoms with Crippen molar-refractivity contribution in [1.29, 1.82) is 0 Å². The Morgan fingerprint density at radius 2 is 2.38 bits per heavy atom. The lowest BCUT2D eigenvalue weighted by Gasteiger charge is -2.05. The molecule has 2 N–H and O–H groups in total. The third kappa shape index (κ3) is 3.27. The molecule has 1 aromatic rings. The maximum atomic E-state index is 11.1. The van der Waals surface area contributed by atoms with Gasteiger partial charge in [-0.05, 0) is 12.3 Å². The molecule has 0 saturated carbocycles. The van der Waals surface area contributed by atoms with Crippen LogP contribution in [0.1, 0.15) is 20.3 Å². The number of nitrogens with one attached hydrogen (secondary N) is 2. The average molecular weight is 181 g/mol. The summed E-state index contributed by atoms with van der Waals surface area (Å²) >= 11 is 0. The van der Waals surface area contributed by atoms with Crippen LogP contribution in [0.15, 0.2) is 17.2 Å². The van der Waals surface area contributed by atoms with E-state index in [-0.39, 0.29) is 5.56 Å². The molecule has 0 bridgehead atoms. The van der Waals surface area contributed by atoms with Crippen molar-refractivity contribution < 1.29 is 0 Å². The lowest BCUT2D eigenvalue weighted by atomic mass is 10.1. The van der Waals surface area contributed by atoms with Gasteiger partial charge in [0.25, 0.3) is 5.56 Å². The van der Waals surface area contributed by atoms with E-state index in [0.29, 0.717) is 11.7 Å². The van der Waals surface area contributed by atoms with Crippen LogP contribution in [0, 0.1) is 5.92 Å². The standard InChI is InChI=1S/C9H15N3O/c1-7(2)3-4-10-8-9(13)12-6-5-11-8/h5-7H,3-4H2,1-2H3,(H,10,11)(H,12,13). The minimum absolute atomic E-state index is 0.161. The van der Waals surface area contributed by atoms with E-state index < -0.39 is 0 Å². The Labute approximate surface area is 77.4 Å². The second-order valence-corrected chi connectivity index (χ2v) is 3.38. The number of H-pyrrole nitrogens is 1. The summed E-state index contributed by atoms with van der Waals surface area (Å²) in [6.07, 6.45) is 4.13. The van der Waals surface area contributed by atoms with Gasteiger partial charge in [0.1, 0.15) is 0 Å². The number of aromatic nitrogens is 2. The minimum Gasteiger partial charge on any atom is -0.365 e. The molecule has 0 fully saturated rings. The van der Waals surface area contributed by atoms with Gasteiger partial charge in [-0.15, -0.1) is 0 Å². The zero-order valence-corrected chi connectivity index (χ0v) is 8.00. The third-order valence-corrected chi connectivity index (χ3v) is 1.72. The highest BCUT2D eigenvalue weighted by Crippen LogP contribution is 1.99. The molecule has 1 rings (SSSR count). The number of aromatic amines is 1. The Morgan fingerprint density at radius 3 is 3.00 bits per heavy atom. The summed E-state index contributed by atoms with van der Waals surface area (Å²) in [5.74, 6) is 1.04. The highest BCUT2D eigenvalue weighted by molar-refractivity contribution is 5.29. The zero-order valence-electron chi connectivity index (χ0n) is 8.00. The van der Waals surface area contributed by atoms with Gasteiger partial charge < -0.3 is 10.3 Å². The maximum Gasteiger partial charge on any atom is 0.290 e. The monoisotopic (exact) mass is 181 g/mol. The summed E-state index contributed by atoms with van der Waals surface area (Å²) in [6, 6.07) is 0. The molecule has 0 aliphatic carbocycles. The first-order chi connectivity index (χ1) is 6.20. The number of hydrogen-bond acceptors (Lipinski definition) is 3. The molecule has 0 aromatic carbocycles. The minimum atomic E-state index is -0.161. The Morgan fingerprint density at radius 1 is 1.62 bits per heavy atom. The van der Waals surface area contributed by atoms with Gasteiger partial charge in [-0.3, -0.25) is 4.79 Å². The second-order valence-electron chi connectivity index (χ2n) is 3.38. The van der Waals surface area contributed by atoms with E-state index in [1.807, 2.05) is 0 Å². The van der Waals surface area contributed by atoms with Gasteiger partial charge >= 0.3 is 0 Å². The molecule has 0 spiro atoms. The van der Waals surface area contributed by atoms with Crippen molar-refractivity contribution in [3.05, 3.63) is 22.7 Å². The van der Waals surface area contributed by atoms with Crippen molar-refractivity contribution in [3.8, 4) is 0 Å². The van der Waals surface area contributed by atoms with Crippen LogP contribution in [0.2, 0.25) is 0 Å². The second kappa shape index (κ2) is 4.64. The largest absolute Gasteiger partial charge is 0.365 e.